The van der Waals surface area contributed by atoms with Crippen molar-refractivity contribution in [2.75, 3.05) is 13.7 Å². The fraction of sp³-hybridized carbons (Fsp3) is 0.647. The molecule has 1 aromatic rings. The highest BCUT2D eigenvalue weighted by Gasteiger charge is 2.25. The van der Waals surface area contributed by atoms with E-state index in [9.17, 15) is 0 Å². The van der Waals surface area contributed by atoms with E-state index >= 15 is 0 Å². The van der Waals surface area contributed by atoms with Gasteiger partial charge in [-0.3, -0.25) is 0 Å². The van der Waals surface area contributed by atoms with Gasteiger partial charge in [-0.25, -0.2) is 0 Å². The maximum absolute atomic E-state index is 5.87. The molecule has 2 heteroatoms. The van der Waals surface area contributed by atoms with Crippen molar-refractivity contribution in [3.05, 3.63) is 28.8 Å². The standard InChI is InChI=1S/C17H29NO/c1-12-8-13(10-17(5,6)11-18)15(19-7)14(9-12)16(2,3)4/h8-9H,10-11,18H2,1-7H3. The van der Waals surface area contributed by atoms with Crippen LogP contribution < -0.4 is 10.5 Å². The van der Waals surface area contributed by atoms with Gasteiger partial charge in [-0.1, -0.05) is 52.3 Å². The first kappa shape index (κ1) is 16.0. The molecule has 0 spiro atoms. The first-order chi connectivity index (χ1) is 8.60. The lowest BCUT2D eigenvalue weighted by molar-refractivity contribution is 0.353. The average molecular weight is 263 g/mol. The number of aryl methyl sites for hydroxylation is 1. The van der Waals surface area contributed by atoms with Gasteiger partial charge in [0.25, 0.3) is 0 Å². The second kappa shape index (κ2) is 5.54. The van der Waals surface area contributed by atoms with Crippen LogP contribution in [-0.4, -0.2) is 13.7 Å². The normalized spacial score (nSPS) is 12.6. The second-order valence-corrected chi connectivity index (χ2v) is 7.30. The topological polar surface area (TPSA) is 35.2 Å². The van der Waals surface area contributed by atoms with Crippen molar-refractivity contribution in [3.8, 4) is 5.75 Å². The molecule has 0 unspecified atom stereocenters. The van der Waals surface area contributed by atoms with E-state index in [0.29, 0.717) is 6.54 Å². The van der Waals surface area contributed by atoms with Gasteiger partial charge < -0.3 is 10.5 Å². The van der Waals surface area contributed by atoms with Crippen molar-refractivity contribution in [3.63, 3.8) is 0 Å². The molecule has 0 radical (unpaired) electrons. The summed E-state index contributed by atoms with van der Waals surface area (Å²) in [6.45, 7) is 13.9. The molecule has 0 aliphatic heterocycles. The van der Waals surface area contributed by atoms with Crippen LogP contribution in [0, 0.1) is 12.3 Å². The molecule has 0 heterocycles. The van der Waals surface area contributed by atoms with Crippen molar-refractivity contribution in [2.24, 2.45) is 11.1 Å². The second-order valence-electron chi connectivity index (χ2n) is 7.30. The highest BCUT2D eigenvalue weighted by Crippen LogP contribution is 2.37. The zero-order valence-corrected chi connectivity index (χ0v) is 13.6. The van der Waals surface area contributed by atoms with Crippen LogP contribution in [0.4, 0.5) is 0 Å². The first-order valence-corrected chi connectivity index (χ1v) is 6.99. The minimum Gasteiger partial charge on any atom is -0.496 e. The molecular weight excluding hydrogens is 234 g/mol. The van der Waals surface area contributed by atoms with Crippen LogP contribution in [0.5, 0.6) is 5.75 Å². The van der Waals surface area contributed by atoms with Crippen LogP contribution in [0.15, 0.2) is 12.1 Å². The number of hydrogen-bond donors (Lipinski definition) is 1. The molecule has 0 aromatic heterocycles. The van der Waals surface area contributed by atoms with Crippen molar-refractivity contribution in [1.82, 2.24) is 0 Å². The fourth-order valence-electron chi connectivity index (χ4n) is 2.37. The van der Waals surface area contributed by atoms with Crippen molar-refractivity contribution >= 4 is 0 Å². The zero-order chi connectivity index (χ0) is 14.8. The maximum atomic E-state index is 5.87. The summed E-state index contributed by atoms with van der Waals surface area (Å²) in [5.41, 5.74) is 9.87. The summed E-state index contributed by atoms with van der Waals surface area (Å²) < 4.78 is 5.71. The van der Waals surface area contributed by atoms with Crippen LogP contribution in [0.3, 0.4) is 0 Å². The van der Waals surface area contributed by atoms with Crippen LogP contribution in [0.25, 0.3) is 0 Å². The lowest BCUT2D eigenvalue weighted by atomic mass is 9.80. The number of ether oxygens (including phenoxy) is 1. The Labute approximate surface area is 118 Å². The van der Waals surface area contributed by atoms with Gasteiger partial charge >= 0.3 is 0 Å². The summed E-state index contributed by atoms with van der Waals surface area (Å²) >= 11 is 0. The van der Waals surface area contributed by atoms with Gasteiger partial charge in [-0.05, 0) is 36.3 Å². The lowest BCUT2D eigenvalue weighted by Gasteiger charge is -2.28. The highest BCUT2D eigenvalue weighted by atomic mass is 16.5. The van der Waals surface area contributed by atoms with Crippen molar-refractivity contribution in [1.29, 1.82) is 0 Å². The van der Waals surface area contributed by atoms with Gasteiger partial charge in [0, 0.05) is 5.56 Å². The summed E-state index contributed by atoms with van der Waals surface area (Å²) in [4.78, 5) is 0. The summed E-state index contributed by atoms with van der Waals surface area (Å²) in [5, 5.41) is 0. The molecule has 0 aliphatic rings. The summed E-state index contributed by atoms with van der Waals surface area (Å²) in [7, 11) is 1.76. The molecule has 0 saturated carbocycles. The zero-order valence-electron chi connectivity index (χ0n) is 13.6. The van der Waals surface area contributed by atoms with E-state index in [1.165, 1.54) is 16.7 Å². The Hall–Kier alpha value is -1.02. The number of methoxy groups -OCH3 is 1. The Bertz CT molecular complexity index is 441. The third kappa shape index (κ3) is 3.97. The third-order valence-electron chi connectivity index (χ3n) is 3.54. The lowest BCUT2D eigenvalue weighted by Crippen LogP contribution is -2.26. The quantitative estimate of drug-likeness (QED) is 0.896. The van der Waals surface area contributed by atoms with E-state index in [-0.39, 0.29) is 10.8 Å². The molecule has 0 fully saturated rings. The van der Waals surface area contributed by atoms with Crippen LogP contribution in [0.1, 0.15) is 51.3 Å². The van der Waals surface area contributed by atoms with Crippen molar-refractivity contribution in [2.45, 2.75) is 53.4 Å². The van der Waals surface area contributed by atoms with Gasteiger partial charge in [-0.15, -0.1) is 0 Å². The minimum atomic E-state index is 0.0823. The third-order valence-corrected chi connectivity index (χ3v) is 3.54. The average Bonchev–Trinajstić information content (AvgIpc) is 2.26. The molecule has 0 amide bonds. The van der Waals surface area contributed by atoms with Gasteiger partial charge in [0.05, 0.1) is 7.11 Å². The van der Waals surface area contributed by atoms with Crippen LogP contribution in [-0.2, 0) is 11.8 Å². The molecule has 0 bridgehead atoms. The molecule has 2 nitrogen and oxygen atoms in total. The smallest absolute Gasteiger partial charge is 0.125 e. The Morgan fingerprint density at radius 2 is 1.68 bits per heavy atom. The monoisotopic (exact) mass is 263 g/mol. The number of nitrogens with two attached hydrogens (primary N) is 1. The molecule has 19 heavy (non-hydrogen) atoms. The summed E-state index contributed by atoms with van der Waals surface area (Å²) in [6, 6.07) is 4.46. The van der Waals surface area contributed by atoms with Crippen LogP contribution >= 0.6 is 0 Å². The molecular formula is C17H29NO. The van der Waals surface area contributed by atoms with Gasteiger partial charge in [0.15, 0.2) is 0 Å². The highest BCUT2D eigenvalue weighted by molar-refractivity contribution is 5.48. The van der Waals surface area contributed by atoms with Gasteiger partial charge in [0.1, 0.15) is 5.75 Å². The van der Waals surface area contributed by atoms with E-state index in [1.807, 2.05) is 0 Å². The molecule has 0 atom stereocenters. The van der Waals surface area contributed by atoms with E-state index in [0.717, 1.165) is 12.2 Å². The summed E-state index contributed by atoms with van der Waals surface area (Å²) in [5.74, 6) is 1.03. The predicted octanol–water partition coefficient (Wildman–Crippen LogP) is 3.83. The van der Waals surface area contributed by atoms with Gasteiger partial charge in [0.2, 0.25) is 0 Å². The van der Waals surface area contributed by atoms with E-state index < -0.39 is 0 Å². The Balaban J connectivity index is 3.36. The van der Waals surface area contributed by atoms with E-state index in [1.54, 1.807) is 7.11 Å². The Morgan fingerprint density at radius 3 is 2.11 bits per heavy atom. The van der Waals surface area contributed by atoms with E-state index in [4.69, 9.17) is 10.5 Å². The minimum absolute atomic E-state index is 0.0823. The molecule has 2 N–H and O–H groups in total. The maximum Gasteiger partial charge on any atom is 0.125 e. The Morgan fingerprint density at radius 1 is 1.11 bits per heavy atom. The Kier molecular flexibility index (Phi) is 4.67. The largest absolute Gasteiger partial charge is 0.496 e. The van der Waals surface area contributed by atoms with Crippen molar-refractivity contribution < 1.29 is 4.74 Å². The molecule has 108 valence electrons. The number of rotatable bonds is 4. The molecule has 1 aromatic carbocycles. The fourth-order valence-corrected chi connectivity index (χ4v) is 2.37. The van der Waals surface area contributed by atoms with Crippen LogP contribution in [0.2, 0.25) is 0 Å². The molecule has 0 saturated heterocycles. The summed E-state index contributed by atoms with van der Waals surface area (Å²) in [6.07, 6.45) is 0.942. The molecule has 0 aliphatic carbocycles. The number of hydrogen-bond acceptors (Lipinski definition) is 2. The number of benzene rings is 1. The van der Waals surface area contributed by atoms with Gasteiger partial charge in [-0.2, -0.15) is 0 Å². The molecule has 1 rings (SSSR count). The SMILES string of the molecule is COc1c(CC(C)(C)CN)cc(C)cc1C(C)(C)C. The first-order valence-electron chi connectivity index (χ1n) is 6.99. The van der Waals surface area contributed by atoms with E-state index in [2.05, 4.69) is 53.7 Å². The predicted molar refractivity (Wildman–Crippen MR) is 83.0 cm³/mol.